The molecule has 0 aromatic rings. The zero-order chi connectivity index (χ0) is 8.32. The van der Waals surface area contributed by atoms with Crippen LogP contribution in [0.5, 0.6) is 0 Å². The van der Waals surface area contributed by atoms with Crippen molar-refractivity contribution in [3.8, 4) is 6.07 Å². The minimum atomic E-state index is -0.741. The molecule has 0 bridgehead atoms. The third-order valence-electron chi connectivity index (χ3n) is 2.41. The molecule has 0 unspecified atom stereocenters. The molecule has 0 N–H and O–H groups in total. The molecule has 0 fully saturated rings. The zero-order valence-corrected chi connectivity index (χ0v) is 6.58. The van der Waals surface area contributed by atoms with Crippen molar-refractivity contribution >= 4 is 6.29 Å². The summed E-state index contributed by atoms with van der Waals surface area (Å²) in [6, 6.07) is 2.10. The maximum Gasteiger partial charge on any atom is 0.140 e. The molecule has 1 aliphatic carbocycles. The van der Waals surface area contributed by atoms with Crippen LogP contribution >= 0.6 is 0 Å². The molecule has 0 amide bonds. The molecule has 1 rings (SSSR count). The second-order valence-electron chi connectivity index (χ2n) is 3.08. The number of carbonyl (C=O) groups excluding carboxylic acids is 1. The lowest BCUT2D eigenvalue weighted by atomic mass is 9.72. The van der Waals surface area contributed by atoms with Crippen molar-refractivity contribution in [3.05, 3.63) is 12.2 Å². The average molecular weight is 149 g/mol. The number of carbonyl (C=O) groups is 1. The summed E-state index contributed by atoms with van der Waals surface area (Å²) in [7, 11) is 0. The van der Waals surface area contributed by atoms with Crippen molar-refractivity contribution in [2.45, 2.75) is 19.8 Å². The Bertz CT molecular complexity index is 226. The minimum absolute atomic E-state index is 0.162. The minimum Gasteiger partial charge on any atom is -0.302 e. The first-order chi connectivity index (χ1) is 5.25. The Hall–Kier alpha value is -1.10. The van der Waals surface area contributed by atoms with Crippen LogP contribution in [0.3, 0.4) is 0 Å². The quantitative estimate of drug-likeness (QED) is 0.420. The first-order valence-corrected chi connectivity index (χ1v) is 3.78. The highest BCUT2D eigenvalue weighted by atomic mass is 16.1. The number of nitriles is 1. The summed E-state index contributed by atoms with van der Waals surface area (Å²) in [6.07, 6.45) is 6.16. The smallest absolute Gasteiger partial charge is 0.140 e. The van der Waals surface area contributed by atoms with E-state index in [-0.39, 0.29) is 5.92 Å². The highest BCUT2D eigenvalue weighted by molar-refractivity contribution is 5.65. The van der Waals surface area contributed by atoms with Gasteiger partial charge in [0.25, 0.3) is 0 Å². The Labute approximate surface area is 66.5 Å². The van der Waals surface area contributed by atoms with Gasteiger partial charge in [-0.1, -0.05) is 19.1 Å². The Morgan fingerprint density at radius 2 is 2.45 bits per heavy atom. The van der Waals surface area contributed by atoms with Crippen LogP contribution in [0.2, 0.25) is 0 Å². The van der Waals surface area contributed by atoms with Crippen LogP contribution in [0.1, 0.15) is 19.8 Å². The third kappa shape index (κ3) is 1.19. The van der Waals surface area contributed by atoms with Gasteiger partial charge in [-0.15, -0.1) is 0 Å². The van der Waals surface area contributed by atoms with Gasteiger partial charge in [0.1, 0.15) is 11.7 Å². The van der Waals surface area contributed by atoms with Gasteiger partial charge < -0.3 is 4.79 Å². The van der Waals surface area contributed by atoms with Gasteiger partial charge in [-0.2, -0.15) is 5.26 Å². The lowest BCUT2D eigenvalue weighted by molar-refractivity contribution is -0.115. The van der Waals surface area contributed by atoms with E-state index in [4.69, 9.17) is 5.26 Å². The molecule has 0 saturated heterocycles. The fourth-order valence-corrected chi connectivity index (χ4v) is 1.34. The van der Waals surface area contributed by atoms with E-state index in [2.05, 4.69) is 6.07 Å². The molecule has 0 aromatic carbocycles. The van der Waals surface area contributed by atoms with E-state index in [1.807, 2.05) is 19.1 Å². The third-order valence-corrected chi connectivity index (χ3v) is 2.41. The summed E-state index contributed by atoms with van der Waals surface area (Å²) in [5.41, 5.74) is -0.741. The predicted molar refractivity (Wildman–Crippen MR) is 41.6 cm³/mol. The van der Waals surface area contributed by atoms with E-state index in [9.17, 15) is 4.79 Å². The van der Waals surface area contributed by atoms with Gasteiger partial charge in [0, 0.05) is 0 Å². The molecule has 58 valence electrons. The molecule has 0 heterocycles. The predicted octanol–water partition coefficient (Wildman–Crippen LogP) is 1.68. The van der Waals surface area contributed by atoms with E-state index in [1.165, 1.54) is 0 Å². The maximum atomic E-state index is 10.7. The van der Waals surface area contributed by atoms with Gasteiger partial charge >= 0.3 is 0 Å². The molecule has 0 spiro atoms. The van der Waals surface area contributed by atoms with Crippen LogP contribution in [0, 0.1) is 22.7 Å². The van der Waals surface area contributed by atoms with Crippen LogP contribution in [0.25, 0.3) is 0 Å². The van der Waals surface area contributed by atoms with E-state index < -0.39 is 5.41 Å². The molecule has 2 atom stereocenters. The lowest BCUT2D eigenvalue weighted by Gasteiger charge is -2.28. The monoisotopic (exact) mass is 149 g/mol. The summed E-state index contributed by atoms with van der Waals surface area (Å²) in [4.78, 5) is 10.7. The summed E-state index contributed by atoms with van der Waals surface area (Å²) >= 11 is 0. The summed E-state index contributed by atoms with van der Waals surface area (Å²) < 4.78 is 0. The van der Waals surface area contributed by atoms with Crippen molar-refractivity contribution in [2.24, 2.45) is 11.3 Å². The van der Waals surface area contributed by atoms with Gasteiger partial charge in [0.15, 0.2) is 0 Å². The summed E-state index contributed by atoms with van der Waals surface area (Å²) in [6.45, 7) is 1.95. The zero-order valence-electron chi connectivity index (χ0n) is 6.58. The van der Waals surface area contributed by atoms with Gasteiger partial charge in [0.05, 0.1) is 6.07 Å². The van der Waals surface area contributed by atoms with Crippen molar-refractivity contribution in [1.82, 2.24) is 0 Å². The molecule has 2 heteroatoms. The fourth-order valence-electron chi connectivity index (χ4n) is 1.34. The molecule has 11 heavy (non-hydrogen) atoms. The lowest BCUT2D eigenvalue weighted by Crippen LogP contribution is -2.30. The molecule has 1 aliphatic rings. The molecular formula is C9H11NO. The first kappa shape index (κ1) is 8.00. The normalized spacial score (nSPS) is 36.2. The number of aldehydes is 1. The van der Waals surface area contributed by atoms with Crippen LogP contribution in [0.15, 0.2) is 12.2 Å². The summed E-state index contributed by atoms with van der Waals surface area (Å²) in [5, 5.41) is 8.80. The topological polar surface area (TPSA) is 40.9 Å². The Morgan fingerprint density at radius 1 is 1.73 bits per heavy atom. The van der Waals surface area contributed by atoms with Gasteiger partial charge in [0.2, 0.25) is 0 Å². The van der Waals surface area contributed by atoms with Gasteiger partial charge in [-0.25, -0.2) is 0 Å². The Balaban J connectivity index is 2.91. The second kappa shape index (κ2) is 2.87. The largest absolute Gasteiger partial charge is 0.302 e. The SMILES string of the molecule is C[C@H]1CC=CC[C@]1(C#N)C=O. The number of nitrogens with zero attached hydrogens (tertiary/aromatic N) is 1. The summed E-state index contributed by atoms with van der Waals surface area (Å²) in [5.74, 6) is 0.162. The molecule has 0 saturated carbocycles. The van der Waals surface area contributed by atoms with Crippen LogP contribution in [-0.4, -0.2) is 6.29 Å². The van der Waals surface area contributed by atoms with Gasteiger partial charge in [-0.3, -0.25) is 0 Å². The van der Waals surface area contributed by atoms with Crippen molar-refractivity contribution in [3.63, 3.8) is 0 Å². The number of allylic oxidation sites excluding steroid dienone is 2. The van der Waals surface area contributed by atoms with Crippen molar-refractivity contribution < 1.29 is 4.79 Å². The standard InChI is InChI=1S/C9H11NO/c1-8-4-2-3-5-9(8,6-10)7-11/h2-3,7-8H,4-5H2,1H3/t8-,9-/m0/s1. The van der Waals surface area contributed by atoms with Crippen LogP contribution in [-0.2, 0) is 4.79 Å². The molecule has 0 radical (unpaired) electrons. The highest BCUT2D eigenvalue weighted by Crippen LogP contribution is 2.35. The Morgan fingerprint density at radius 3 is 2.82 bits per heavy atom. The first-order valence-electron chi connectivity index (χ1n) is 3.78. The van der Waals surface area contributed by atoms with Crippen LogP contribution in [0.4, 0.5) is 0 Å². The number of rotatable bonds is 1. The van der Waals surface area contributed by atoms with E-state index >= 15 is 0 Å². The number of hydrogen-bond acceptors (Lipinski definition) is 2. The maximum absolute atomic E-state index is 10.7. The van der Waals surface area contributed by atoms with E-state index in [0.29, 0.717) is 6.42 Å². The second-order valence-corrected chi connectivity index (χ2v) is 3.08. The molecule has 2 nitrogen and oxygen atoms in total. The van der Waals surface area contributed by atoms with E-state index in [0.717, 1.165) is 12.7 Å². The van der Waals surface area contributed by atoms with Crippen molar-refractivity contribution in [1.29, 1.82) is 5.26 Å². The fraction of sp³-hybridized carbons (Fsp3) is 0.556. The Kier molecular flexibility index (Phi) is 2.09. The molecule has 0 aliphatic heterocycles. The van der Waals surface area contributed by atoms with Crippen molar-refractivity contribution in [2.75, 3.05) is 0 Å². The number of hydrogen-bond donors (Lipinski definition) is 0. The van der Waals surface area contributed by atoms with Crippen LogP contribution < -0.4 is 0 Å². The molecular weight excluding hydrogens is 138 g/mol. The van der Waals surface area contributed by atoms with E-state index in [1.54, 1.807) is 0 Å². The van der Waals surface area contributed by atoms with Gasteiger partial charge in [-0.05, 0) is 18.8 Å². The highest BCUT2D eigenvalue weighted by Gasteiger charge is 2.36. The molecule has 0 aromatic heterocycles. The average Bonchev–Trinajstić information content (AvgIpc) is 2.06.